The van der Waals surface area contributed by atoms with Crippen molar-refractivity contribution in [1.29, 1.82) is 0 Å². The van der Waals surface area contributed by atoms with Crippen molar-refractivity contribution in [2.45, 2.75) is 212 Å². The average Bonchev–Trinajstić information content (AvgIpc) is 3.19. The van der Waals surface area contributed by atoms with Crippen molar-refractivity contribution in [2.75, 3.05) is 26.4 Å². The minimum atomic E-state index is -4.62. The Morgan fingerprint density at radius 3 is 1.45 bits per heavy atom. The number of unbranched alkanes of at least 4 members (excludes halogenated alkanes) is 22. The summed E-state index contributed by atoms with van der Waals surface area (Å²) in [5, 5.41) is 18.3. The molecule has 0 aliphatic heterocycles. The van der Waals surface area contributed by atoms with Crippen molar-refractivity contribution in [3.05, 3.63) is 36.5 Å². The lowest BCUT2D eigenvalue weighted by atomic mass is 10.1. The highest BCUT2D eigenvalue weighted by atomic mass is 31.2. The molecule has 328 valence electrons. The van der Waals surface area contributed by atoms with E-state index < -0.39 is 51.8 Å². The first-order chi connectivity index (χ1) is 27.2. The van der Waals surface area contributed by atoms with Crippen LogP contribution in [0.4, 0.5) is 0 Å². The van der Waals surface area contributed by atoms with Crippen LogP contribution in [0.1, 0.15) is 200 Å². The van der Waals surface area contributed by atoms with Crippen molar-refractivity contribution < 1.29 is 47.8 Å². The molecule has 0 aromatic heterocycles. The summed E-state index contributed by atoms with van der Waals surface area (Å²) in [5.74, 6) is -0.940. The number of allylic oxidation sites excluding steroid dienone is 6. The van der Waals surface area contributed by atoms with Crippen LogP contribution < -0.4 is 0 Å². The van der Waals surface area contributed by atoms with Gasteiger partial charge in [0.25, 0.3) is 0 Å². The molecule has 0 rings (SSSR count). The molecular formula is C45H83O10P. The number of phosphoric acid groups is 1. The highest BCUT2D eigenvalue weighted by molar-refractivity contribution is 7.47. The number of esters is 2. The summed E-state index contributed by atoms with van der Waals surface area (Å²) in [5.41, 5.74) is 0. The third-order valence-electron chi connectivity index (χ3n) is 9.52. The van der Waals surface area contributed by atoms with Crippen LogP contribution in [-0.2, 0) is 32.7 Å². The lowest BCUT2D eigenvalue weighted by Gasteiger charge is -2.20. The Kier molecular flexibility index (Phi) is 40.0. The third kappa shape index (κ3) is 40.4. The number of carbonyl (C=O) groups excluding carboxylic acids is 2. The minimum absolute atomic E-state index is 0.168. The predicted molar refractivity (Wildman–Crippen MR) is 228 cm³/mol. The average molecular weight is 815 g/mol. The monoisotopic (exact) mass is 815 g/mol. The van der Waals surface area contributed by atoms with E-state index in [2.05, 4.69) is 54.8 Å². The predicted octanol–water partition coefficient (Wildman–Crippen LogP) is 11.9. The first-order valence-corrected chi connectivity index (χ1v) is 23.9. The summed E-state index contributed by atoms with van der Waals surface area (Å²) in [4.78, 5) is 35.0. The molecule has 0 saturated carbocycles. The zero-order valence-electron chi connectivity index (χ0n) is 35.6. The van der Waals surface area contributed by atoms with E-state index in [9.17, 15) is 24.2 Å². The van der Waals surface area contributed by atoms with Gasteiger partial charge in [0.05, 0.1) is 19.8 Å². The fourth-order valence-corrected chi connectivity index (χ4v) is 6.79. The maximum absolute atomic E-state index is 12.6. The number of hydrogen-bond donors (Lipinski definition) is 3. The van der Waals surface area contributed by atoms with Crippen LogP contribution in [0.2, 0.25) is 0 Å². The van der Waals surface area contributed by atoms with E-state index in [4.69, 9.17) is 19.1 Å². The second-order valence-corrected chi connectivity index (χ2v) is 16.5. The SMILES string of the molecule is CCCC/C=C/C/C=C/CCCCCCCC(=O)O[C@@H](COC(=O)CCCCCCCCCCC/C=C/CCCCCCCC)COP(=O)(O)OC[C@H](O)CO. The molecule has 0 aromatic rings. The van der Waals surface area contributed by atoms with Crippen LogP contribution >= 0.6 is 7.82 Å². The van der Waals surface area contributed by atoms with Gasteiger partial charge in [-0.3, -0.25) is 18.6 Å². The highest BCUT2D eigenvalue weighted by Gasteiger charge is 2.27. The zero-order chi connectivity index (χ0) is 41.2. The van der Waals surface area contributed by atoms with Gasteiger partial charge < -0.3 is 24.6 Å². The normalized spacial score (nSPS) is 14.2. The molecule has 0 spiro atoms. The summed E-state index contributed by atoms with van der Waals surface area (Å²) >= 11 is 0. The van der Waals surface area contributed by atoms with Gasteiger partial charge in [0.1, 0.15) is 12.7 Å². The molecule has 0 amide bonds. The maximum Gasteiger partial charge on any atom is 0.472 e. The lowest BCUT2D eigenvalue weighted by molar-refractivity contribution is -0.161. The quantitative estimate of drug-likeness (QED) is 0.0235. The molecule has 0 fully saturated rings. The molecule has 0 saturated heterocycles. The van der Waals surface area contributed by atoms with Gasteiger partial charge in [-0.25, -0.2) is 4.57 Å². The number of hydrogen-bond acceptors (Lipinski definition) is 9. The molecule has 56 heavy (non-hydrogen) atoms. The Balaban J connectivity index is 4.26. The Morgan fingerprint density at radius 2 is 0.946 bits per heavy atom. The number of carbonyl (C=O) groups is 2. The Labute approximate surface area is 341 Å². The second kappa shape index (κ2) is 41.4. The first kappa shape index (κ1) is 54.2. The number of phosphoric ester groups is 1. The van der Waals surface area contributed by atoms with Crippen molar-refractivity contribution in [1.82, 2.24) is 0 Å². The molecule has 0 aromatic carbocycles. The molecule has 0 heterocycles. The first-order valence-electron chi connectivity index (χ1n) is 22.4. The molecule has 10 nitrogen and oxygen atoms in total. The van der Waals surface area contributed by atoms with Crippen molar-refractivity contribution in [3.63, 3.8) is 0 Å². The summed E-state index contributed by atoms with van der Waals surface area (Å²) in [6.07, 6.45) is 42.5. The smallest absolute Gasteiger partial charge is 0.462 e. The molecule has 0 aliphatic rings. The van der Waals surface area contributed by atoms with E-state index in [1.54, 1.807) is 0 Å². The summed E-state index contributed by atoms with van der Waals surface area (Å²) in [7, 11) is -4.62. The Morgan fingerprint density at radius 1 is 0.536 bits per heavy atom. The van der Waals surface area contributed by atoms with E-state index in [0.29, 0.717) is 12.8 Å². The fourth-order valence-electron chi connectivity index (χ4n) is 6.00. The minimum Gasteiger partial charge on any atom is -0.462 e. The van der Waals surface area contributed by atoms with Crippen LogP contribution in [0, 0.1) is 0 Å². The molecule has 3 N–H and O–H groups in total. The van der Waals surface area contributed by atoms with Gasteiger partial charge in [-0.05, 0) is 64.2 Å². The van der Waals surface area contributed by atoms with Gasteiger partial charge in [-0.15, -0.1) is 0 Å². The fraction of sp³-hybridized carbons (Fsp3) is 0.822. The Hall–Kier alpha value is -1.81. The number of aliphatic hydroxyl groups is 2. The van der Waals surface area contributed by atoms with Crippen LogP contribution in [0.5, 0.6) is 0 Å². The number of aliphatic hydroxyl groups excluding tert-OH is 2. The van der Waals surface area contributed by atoms with Crippen LogP contribution in [0.25, 0.3) is 0 Å². The molecular weight excluding hydrogens is 731 g/mol. The molecule has 3 atom stereocenters. The Bertz CT molecular complexity index is 1030. The lowest BCUT2D eigenvalue weighted by Crippen LogP contribution is -2.29. The van der Waals surface area contributed by atoms with E-state index in [1.807, 2.05) is 0 Å². The third-order valence-corrected chi connectivity index (χ3v) is 10.5. The van der Waals surface area contributed by atoms with Gasteiger partial charge in [0.2, 0.25) is 0 Å². The highest BCUT2D eigenvalue weighted by Crippen LogP contribution is 2.43. The summed E-state index contributed by atoms with van der Waals surface area (Å²) in [6, 6.07) is 0. The maximum atomic E-state index is 12.6. The van der Waals surface area contributed by atoms with E-state index in [-0.39, 0.29) is 19.4 Å². The second-order valence-electron chi connectivity index (χ2n) is 15.1. The van der Waals surface area contributed by atoms with E-state index in [0.717, 1.165) is 64.2 Å². The van der Waals surface area contributed by atoms with E-state index in [1.165, 1.54) is 96.3 Å². The number of rotatable bonds is 42. The zero-order valence-corrected chi connectivity index (χ0v) is 36.5. The van der Waals surface area contributed by atoms with Crippen molar-refractivity contribution in [2.24, 2.45) is 0 Å². The van der Waals surface area contributed by atoms with Crippen molar-refractivity contribution in [3.8, 4) is 0 Å². The van der Waals surface area contributed by atoms with Crippen LogP contribution in [0.15, 0.2) is 36.5 Å². The van der Waals surface area contributed by atoms with E-state index >= 15 is 0 Å². The molecule has 0 bridgehead atoms. The van der Waals surface area contributed by atoms with Gasteiger partial charge in [-0.2, -0.15) is 0 Å². The largest absolute Gasteiger partial charge is 0.472 e. The summed E-state index contributed by atoms with van der Waals surface area (Å²) in [6.45, 7) is 2.33. The standard InChI is InChI=1S/C45H83O10P/c1-3-5-7-9-11-13-15-17-19-20-21-22-23-25-26-28-30-32-34-36-44(48)52-40-43(41-54-56(50,51)53-39-42(47)38-46)55-45(49)37-35-33-31-29-27-24-18-16-14-12-10-8-6-4-2/h10,12,16-19,42-43,46-47H,3-9,11,13-15,20-41H2,1-2H3,(H,50,51)/b12-10+,18-16+,19-17+/t42-,43+/m1/s1. The van der Waals surface area contributed by atoms with Crippen LogP contribution in [-0.4, -0.2) is 65.7 Å². The van der Waals surface area contributed by atoms with Gasteiger partial charge in [-0.1, -0.05) is 159 Å². The molecule has 0 aliphatic carbocycles. The van der Waals surface area contributed by atoms with Crippen molar-refractivity contribution >= 4 is 19.8 Å². The summed E-state index contributed by atoms with van der Waals surface area (Å²) < 4.78 is 32.7. The van der Waals surface area contributed by atoms with Gasteiger partial charge in [0.15, 0.2) is 6.10 Å². The molecule has 0 radical (unpaired) electrons. The van der Waals surface area contributed by atoms with Gasteiger partial charge >= 0.3 is 19.8 Å². The molecule has 11 heteroatoms. The van der Waals surface area contributed by atoms with Gasteiger partial charge in [0, 0.05) is 12.8 Å². The number of ether oxygens (including phenoxy) is 2. The topological polar surface area (TPSA) is 149 Å². The molecule has 1 unspecified atom stereocenters. The van der Waals surface area contributed by atoms with Crippen LogP contribution in [0.3, 0.4) is 0 Å².